The van der Waals surface area contributed by atoms with Crippen LogP contribution in [0.25, 0.3) is 28.4 Å². The van der Waals surface area contributed by atoms with Crippen molar-refractivity contribution in [2.24, 2.45) is 0 Å². The van der Waals surface area contributed by atoms with Gasteiger partial charge in [0.1, 0.15) is 12.8 Å². The molecule has 0 saturated heterocycles. The van der Waals surface area contributed by atoms with Crippen LogP contribution in [0.2, 0.25) is 0 Å². The van der Waals surface area contributed by atoms with E-state index >= 15 is 0 Å². The predicted octanol–water partition coefficient (Wildman–Crippen LogP) is 5.89. The van der Waals surface area contributed by atoms with Gasteiger partial charge in [0.05, 0.1) is 29.6 Å². The first-order valence-electron chi connectivity index (χ1n) is 10.2. The number of methoxy groups -OCH3 is 1. The standard InChI is InChI=1S/C26H25N3O/c1-26(2)18-10-6-8-12-23(18)29(3)25(26)14-13-20-24(30-4)16-22(28-20)21-15-17-9-5-7-11-19(17)27-21/h5-16H,1-4H3,(H,27,28)/p+1. The number of nitrogens with zero attached hydrogens (tertiary/aromatic N) is 1. The van der Waals surface area contributed by atoms with E-state index in [0.717, 1.165) is 28.3 Å². The normalized spacial score (nSPS) is 15.3. The summed E-state index contributed by atoms with van der Waals surface area (Å²) in [5, 5.41) is 1.20. The van der Waals surface area contributed by atoms with Gasteiger partial charge in [-0.1, -0.05) is 36.4 Å². The van der Waals surface area contributed by atoms with Crippen LogP contribution in [0.1, 0.15) is 25.1 Å². The van der Waals surface area contributed by atoms with E-state index in [1.807, 2.05) is 12.1 Å². The zero-order valence-electron chi connectivity index (χ0n) is 17.8. The van der Waals surface area contributed by atoms with Gasteiger partial charge in [-0.2, -0.15) is 4.58 Å². The van der Waals surface area contributed by atoms with Gasteiger partial charge in [-0.15, -0.1) is 0 Å². The molecule has 0 bridgehead atoms. The van der Waals surface area contributed by atoms with Crippen molar-refractivity contribution in [2.75, 3.05) is 14.2 Å². The number of aromatic nitrogens is 2. The average molecular weight is 397 g/mol. The van der Waals surface area contributed by atoms with Gasteiger partial charge in [-0.05, 0) is 32.1 Å². The van der Waals surface area contributed by atoms with Gasteiger partial charge in [-0.3, -0.25) is 0 Å². The first-order chi connectivity index (χ1) is 14.5. The molecule has 0 spiro atoms. The molecule has 30 heavy (non-hydrogen) atoms. The highest BCUT2D eigenvalue weighted by Gasteiger charge is 2.42. The van der Waals surface area contributed by atoms with Crippen LogP contribution in [0.3, 0.4) is 0 Å². The van der Waals surface area contributed by atoms with Crippen molar-refractivity contribution in [3.63, 3.8) is 0 Å². The molecule has 2 aromatic carbocycles. The number of allylic oxidation sites excluding steroid dienone is 1. The van der Waals surface area contributed by atoms with Crippen LogP contribution in [-0.2, 0) is 5.41 Å². The first-order valence-corrected chi connectivity index (χ1v) is 10.2. The van der Waals surface area contributed by atoms with Crippen LogP contribution in [0, 0.1) is 0 Å². The highest BCUT2D eigenvalue weighted by atomic mass is 16.5. The Balaban J connectivity index is 1.53. The van der Waals surface area contributed by atoms with Gasteiger partial charge >= 0.3 is 0 Å². The van der Waals surface area contributed by atoms with E-state index < -0.39 is 0 Å². The lowest BCUT2D eigenvalue weighted by Crippen LogP contribution is -2.26. The van der Waals surface area contributed by atoms with E-state index in [-0.39, 0.29) is 5.41 Å². The SMILES string of the molecule is COc1cc(-c2cc3ccccc3[nH]2)[nH]c1/C=C/C1=[N+](C)c2ccccc2C1(C)C. The van der Waals surface area contributed by atoms with E-state index in [1.165, 1.54) is 22.3 Å². The number of ether oxygens (including phenoxy) is 1. The summed E-state index contributed by atoms with van der Waals surface area (Å²) in [6.45, 7) is 4.55. The summed E-state index contributed by atoms with van der Waals surface area (Å²) in [6, 6.07) is 21.1. The van der Waals surface area contributed by atoms with Crippen molar-refractivity contribution in [1.29, 1.82) is 0 Å². The maximum absolute atomic E-state index is 5.66. The second-order valence-corrected chi connectivity index (χ2v) is 8.36. The van der Waals surface area contributed by atoms with Gasteiger partial charge in [0, 0.05) is 34.7 Å². The molecule has 4 aromatic rings. The number of nitrogens with one attached hydrogen (secondary N) is 2. The zero-order valence-corrected chi connectivity index (χ0v) is 17.8. The Morgan fingerprint density at radius 3 is 2.40 bits per heavy atom. The fraction of sp³-hybridized carbons (Fsp3) is 0.192. The van der Waals surface area contributed by atoms with Crippen molar-refractivity contribution < 1.29 is 9.31 Å². The van der Waals surface area contributed by atoms with Crippen molar-refractivity contribution in [2.45, 2.75) is 19.3 Å². The van der Waals surface area contributed by atoms with Crippen molar-refractivity contribution in [3.05, 3.63) is 78.0 Å². The van der Waals surface area contributed by atoms with E-state index in [1.54, 1.807) is 7.11 Å². The maximum atomic E-state index is 5.66. The molecule has 2 aromatic heterocycles. The third-order valence-electron chi connectivity index (χ3n) is 6.20. The molecule has 0 unspecified atom stereocenters. The van der Waals surface area contributed by atoms with E-state index in [9.17, 15) is 0 Å². The summed E-state index contributed by atoms with van der Waals surface area (Å²) in [5.41, 5.74) is 7.96. The lowest BCUT2D eigenvalue weighted by molar-refractivity contribution is -0.401. The fourth-order valence-electron chi connectivity index (χ4n) is 4.57. The number of aromatic amines is 2. The van der Waals surface area contributed by atoms with Crippen LogP contribution in [-0.4, -0.2) is 34.4 Å². The Kier molecular flexibility index (Phi) is 4.17. The Hall–Kier alpha value is -3.53. The number of benzene rings is 2. The number of hydrogen-bond donors (Lipinski definition) is 2. The van der Waals surface area contributed by atoms with E-state index in [2.05, 4.69) is 96.1 Å². The van der Waals surface area contributed by atoms with Crippen LogP contribution < -0.4 is 4.74 Å². The number of fused-ring (bicyclic) bond motifs is 2. The predicted molar refractivity (Wildman–Crippen MR) is 124 cm³/mol. The van der Waals surface area contributed by atoms with Crippen LogP contribution in [0.15, 0.2) is 66.7 Å². The third-order valence-corrected chi connectivity index (χ3v) is 6.20. The Morgan fingerprint density at radius 2 is 1.63 bits per heavy atom. The molecule has 1 aliphatic rings. The largest absolute Gasteiger partial charge is 0.494 e. The molecular weight excluding hydrogens is 370 g/mol. The third kappa shape index (κ3) is 2.79. The molecule has 0 fully saturated rings. The van der Waals surface area contributed by atoms with Gasteiger partial charge in [-0.25, -0.2) is 0 Å². The number of hydrogen-bond acceptors (Lipinski definition) is 1. The van der Waals surface area contributed by atoms with Crippen molar-refractivity contribution in [3.8, 4) is 17.1 Å². The van der Waals surface area contributed by atoms with Gasteiger partial charge in [0.2, 0.25) is 5.69 Å². The summed E-state index contributed by atoms with van der Waals surface area (Å²) in [6.07, 6.45) is 4.31. The quantitative estimate of drug-likeness (QED) is 0.415. The maximum Gasteiger partial charge on any atom is 0.209 e. The first kappa shape index (κ1) is 18.5. The van der Waals surface area contributed by atoms with Gasteiger partial charge < -0.3 is 14.7 Å². The smallest absolute Gasteiger partial charge is 0.209 e. The van der Waals surface area contributed by atoms with Crippen molar-refractivity contribution >= 4 is 28.4 Å². The average Bonchev–Trinajstić information content (AvgIpc) is 3.41. The Labute approximate surface area is 176 Å². The second kappa shape index (κ2) is 6.77. The molecule has 4 heteroatoms. The number of para-hydroxylation sites is 2. The summed E-state index contributed by atoms with van der Waals surface area (Å²) in [4.78, 5) is 7.00. The summed E-state index contributed by atoms with van der Waals surface area (Å²) >= 11 is 0. The number of rotatable bonds is 4. The van der Waals surface area contributed by atoms with Gasteiger partial charge in [0.15, 0.2) is 5.71 Å². The molecule has 1 aliphatic heterocycles. The van der Waals surface area contributed by atoms with Crippen LogP contribution in [0.4, 0.5) is 5.69 Å². The lowest BCUT2D eigenvalue weighted by Gasteiger charge is -2.15. The molecule has 2 N–H and O–H groups in total. The topological polar surface area (TPSA) is 43.8 Å². The minimum absolute atomic E-state index is 0.0539. The minimum Gasteiger partial charge on any atom is -0.494 e. The second-order valence-electron chi connectivity index (χ2n) is 8.36. The molecule has 5 rings (SSSR count). The van der Waals surface area contributed by atoms with Crippen molar-refractivity contribution in [1.82, 2.24) is 9.97 Å². The highest BCUT2D eigenvalue weighted by Crippen LogP contribution is 2.39. The molecule has 0 saturated carbocycles. The molecular formula is C26H26N3O+. The molecule has 3 heterocycles. The summed E-state index contributed by atoms with van der Waals surface area (Å²) < 4.78 is 7.94. The summed E-state index contributed by atoms with van der Waals surface area (Å²) in [5.74, 6) is 0.830. The van der Waals surface area contributed by atoms with E-state index in [4.69, 9.17) is 4.74 Å². The molecule has 0 aliphatic carbocycles. The number of H-pyrrole nitrogens is 2. The fourth-order valence-corrected chi connectivity index (χ4v) is 4.57. The summed E-state index contributed by atoms with van der Waals surface area (Å²) in [7, 11) is 3.85. The highest BCUT2D eigenvalue weighted by molar-refractivity contribution is 6.05. The minimum atomic E-state index is -0.0539. The molecule has 150 valence electrons. The molecule has 0 atom stereocenters. The molecule has 4 nitrogen and oxygen atoms in total. The van der Waals surface area contributed by atoms with Crippen LogP contribution >= 0.6 is 0 Å². The van der Waals surface area contributed by atoms with Crippen LogP contribution in [0.5, 0.6) is 5.75 Å². The monoisotopic (exact) mass is 396 g/mol. The lowest BCUT2D eigenvalue weighted by atomic mass is 9.81. The Bertz CT molecular complexity index is 1280. The Morgan fingerprint density at radius 1 is 0.900 bits per heavy atom. The molecule has 0 amide bonds. The van der Waals surface area contributed by atoms with E-state index in [0.29, 0.717) is 0 Å². The molecule has 0 radical (unpaired) electrons. The van der Waals surface area contributed by atoms with Gasteiger partial charge in [0.25, 0.3) is 0 Å². The zero-order chi connectivity index (χ0) is 20.9.